The van der Waals surface area contributed by atoms with Crippen LogP contribution in [-0.2, 0) is 6.18 Å². The van der Waals surface area contributed by atoms with E-state index in [1.54, 1.807) is 12.1 Å². The third-order valence-electron chi connectivity index (χ3n) is 4.46. The highest BCUT2D eigenvalue weighted by Gasteiger charge is 2.43. The van der Waals surface area contributed by atoms with Crippen molar-refractivity contribution in [1.29, 1.82) is 0 Å². The van der Waals surface area contributed by atoms with E-state index in [1.165, 1.54) is 6.07 Å². The van der Waals surface area contributed by atoms with Crippen LogP contribution in [0.4, 0.5) is 18.9 Å². The van der Waals surface area contributed by atoms with Gasteiger partial charge in [-0.25, -0.2) is 0 Å². The first-order valence-electron chi connectivity index (χ1n) is 6.63. The molecule has 1 heterocycles. The van der Waals surface area contributed by atoms with Crippen molar-refractivity contribution in [2.75, 3.05) is 18.0 Å². The van der Waals surface area contributed by atoms with E-state index in [-0.39, 0.29) is 6.04 Å². The fraction of sp³-hybridized carbons (Fsp3) is 0.571. The van der Waals surface area contributed by atoms with Crippen LogP contribution in [0.5, 0.6) is 0 Å². The van der Waals surface area contributed by atoms with E-state index < -0.39 is 11.7 Å². The largest absolute Gasteiger partial charge is 0.418 e. The van der Waals surface area contributed by atoms with Crippen LogP contribution >= 0.6 is 0 Å². The zero-order valence-electron chi connectivity index (χ0n) is 10.5. The van der Waals surface area contributed by atoms with Crippen LogP contribution in [0, 0.1) is 11.8 Å². The van der Waals surface area contributed by atoms with Crippen molar-refractivity contribution in [2.24, 2.45) is 17.6 Å². The molecule has 1 aliphatic carbocycles. The number of benzene rings is 1. The van der Waals surface area contributed by atoms with E-state index in [2.05, 4.69) is 0 Å². The van der Waals surface area contributed by atoms with Gasteiger partial charge in [0.15, 0.2) is 0 Å². The van der Waals surface area contributed by atoms with Crippen LogP contribution in [-0.4, -0.2) is 19.1 Å². The molecule has 2 nitrogen and oxygen atoms in total. The van der Waals surface area contributed by atoms with Crippen molar-refractivity contribution in [2.45, 2.75) is 25.1 Å². The number of nitrogens with two attached hydrogens (primary N) is 1. The molecule has 1 aromatic rings. The first-order valence-corrected chi connectivity index (χ1v) is 6.63. The van der Waals surface area contributed by atoms with Gasteiger partial charge >= 0.3 is 6.18 Å². The Bertz CT molecular complexity index is 472. The summed E-state index contributed by atoms with van der Waals surface area (Å²) in [6, 6.07) is 5.97. The third kappa shape index (κ3) is 2.20. The van der Waals surface area contributed by atoms with Gasteiger partial charge in [-0.05, 0) is 36.8 Å². The molecule has 0 amide bonds. The number of hydrogen-bond donors (Lipinski definition) is 1. The molecule has 19 heavy (non-hydrogen) atoms. The van der Waals surface area contributed by atoms with Crippen LogP contribution in [0.25, 0.3) is 0 Å². The molecule has 2 N–H and O–H groups in total. The highest BCUT2D eigenvalue weighted by Crippen LogP contribution is 2.42. The van der Waals surface area contributed by atoms with Gasteiger partial charge in [-0.1, -0.05) is 12.1 Å². The lowest BCUT2D eigenvalue weighted by Gasteiger charge is -2.24. The van der Waals surface area contributed by atoms with Crippen LogP contribution in [0.3, 0.4) is 0 Å². The van der Waals surface area contributed by atoms with E-state index >= 15 is 0 Å². The molecule has 3 rings (SSSR count). The molecule has 1 aliphatic heterocycles. The van der Waals surface area contributed by atoms with Gasteiger partial charge in [0.05, 0.1) is 5.56 Å². The lowest BCUT2D eigenvalue weighted by atomic mass is 9.98. The predicted octanol–water partition coefficient (Wildman–Crippen LogP) is 2.88. The third-order valence-corrected chi connectivity index (χ3v) is 4.46. The molecule has 0 bridgehead atoms. The number of hydrogen-bond acceptors (Lipinski definition) is 2. The Labute approximate surface area is 110 Å². The van der Waals surface area contributed by atoms with Crippen LogP contribution in [0.2, 0.25) is 0 Å². The molecule has 104 valence electrons. The average Bonchev–Trinajstić information content (AvgIpc) is 2.91. The second-order valence-corrected chi connectivity index (χ2v) is 5.59. The summed E-state index contributed by atoms with van der Waals surface area (Å²) in [6.45, 7) is 1.35. The molecule has 1 saturated carbocycles. The van der Waals surface area contributed by atoms with Crippen molar-refractivity contribution in [1.82, 2.24) is 0 Å². The van der Waals surface area contributed by atoms with Crippen molar-refractivity contribution < 1.29 is 13.2 Å². The molecule has 0 aromatic heterocycles. The average molecular weight is 270 g/mol. The fourth-order valence-corrected chi connectivity index (χ4v) is 3.49. The van der Waals surface area contributed by atoms with Crippen molar-refractivity contribution in [3.05, 3.63) is 29.8 Å². The standard InChI is InChI=1S/C14H17F3N2/c15-14(16,17)11-3-1-2-4-13(11)19-7-9-5-6-12(18)10(9)8-19/h1-4,9-10,12H,5-8,18H2/t9-,10+,12+/m1/s1. The maximum Gasteiger partial charge on any atom is 0.418 e. The van der Waals surface area contributed by atoms with Gasteiger partial charge in [0, 0.05) is 24.8 Å². The van der Waals surface area contributed by atoms with Crippen LogP contribution < -0.4 is 10.6 Å². The van der Waals surface area contributed by atoms with E-state index in [1.807, 2.05) is 4.90 Å². The molecular formula is C14H17F3N2. The lowest BCUT2D eigenvalue weighted by Crippen LogP contribution is -2.31. The van der Waals surface area contributed by atoms with Gasteiger partial charge in [0.25, 0.3) is 0 Å². The minimum atomic E-state index is -4.30. The highest BCUT2D eigenvalue weighted by molar-refractivity contribution is 5.56. The van der Waals surface area contributed by atoms with Crippen molar-refractivity contribution in [3.63, 3.8) is 0 Å². The molecule has 0 unspecified atom stereocenters. The van der Waals surface area contributed by atoms with Gasteiger partial charge in [0.2, 0.25) is 0 Å². The highest BCUT2D eigenvalue weighted by atomic mass is 19.4. The van der Waals surface area contributed by atoms with Crippen molar-refractivity contribution in [3.8, 4) is 0 Å². The molecular weight excluding hydrogens is 253 g/mol. The number of nitrogens with zero attached hydrogens (tertiary/aromatic N) is 1. The summed E-state index contributed by atoms with van der Waals surface area (Å²) in [7, 11) is 0. The summed E-state index contributed by atoms with van der Waals surface area (Å²) in [5.41, 5.74) is 5.80. The van der Waals surface area contributed by atoms with E-state index in [4.69, 9.17) is 5.73 Å². The first kappa shape index (κ1) is 12.8. The van der Waals surface area contributed by atoms with Gasteiger partial charge in [0.1, 0.15) is 0 Å². The topological polar surface area (TPSA) is 29.3 Å². The number of anilines is 1. The number of fused-ring (bicyclic) bond motifs is 1. The normalized spacial score (nSPS) is 30.7. The minimum Gasteiger partial charge on any atom is -0.370 e. The zero-order valence-corrected chi connectivity index (χ0v) is 10.5. The Kier molecular flexibility index (Phi) is 2.96. The van der Waals surface area contributed by atoms with Crippen LogP contribution in [0.1, 0.15) is 18.4 Å². The van der Waals surface area contributed by atoms with Crippen LogP contribution in [0.15, 0.2) is 24.3 Å². The van der Waals surface area contributed by atoms with Gasteiger partial charge < -0.3 is 10.6 Å². The second kappa shape index (κ2) is 4.40. The molecule has 0 spiro atoms. The molecule has 0 radical (unpaired) electrons. The van der Waals surface area contributed by atoms with Crippen molar-refractivity contribution >= 4 is 5.69 Å². The summed E-state index contributed by atoms with van der Waals surface area (Å²) < 4.78 is 39.1. The van der Waals surface area contributed by atoms with Gasteiger partial charge in [-0.15, -0.1) is 0 Å². The minimum absolute atomic E-state index is 0.146. The van der Waals surface area contributed by atoms with Gasteiger partial charge in [-0.3, -0.25) is 0 Å². The molecule has 2 fully saturated rings. The SMILES string of the molecule is N[C@H]1CC[C@@H]2CN(c3ccccc3C(F)(F)F)C[C@@H]21. The number of rotatable bonds is 1. The number of halogens is 3. The summed E-state index contributed by atoms with van der Waals surface area (Å²) in [6.07, 6.45) is -2.25. The second-order valence-electron chi connectivity index (χ2n) is 5.59. The quantitative estimate of drug-likeness (QED) is 0.850. The van der Waals surface area contributed by atoms with Gasteiger partial charge in [-0.2, -0.15) is 13.2 Å². The fourth-order valence-electron chi connectivity index (χ4n) is 3.49. The Morgan fingerprint density at radius 1 is 1.11 bits per heavy atom. The first-order chi connectivity index (χ1) is 8.97. The Morgan fingerprint density at radius 3 is 2.53 bits per heavy atom. The maximum absolute atomic E-state index is 13.0. The summed E-state index contributed by atoms with van der Waals surface area (Å²) in [4.78, 5) is 1.86. The summed E-state index contributed by atoms with van der Waals surface area (Å²) >= 11 is 0. The monoisotopic (exact) mass is 270 g/mol. The number of alkyl halides is 3. The van der Waals surface area contributed by atoms with E-state index in [0.717, 1.165) is 18.9 Å². The maximum atomic E-state index is 13.0. The molecule has 5 heteroatoms. The molecule has 3 atom stereocenters. The predicted molar refractivity (Wildman–Crippen MR) is 67.8 cm³/mol. The summed E-state index contributed by atoms with van der Waals surface area (Å²) in [5.74, 6) is 0.803. The van der Waals surface area contributed by atoms with E-state index in [0.29, 0.717) is 30.6 Å². The van der Waals surface area contributed by atoms with E-state index in [9.17, 15) is 13.2 Å². The summed E-state index contributed by atoms with van der Waals surface area (Å²) in [5, 5.41) is 0. The Morgan fingerprint density at radius 2 is 1.84 bits per heavy atom. The lowest BCUT2D eigenvalue weighted by molar-refractivity contribution is -0.137. The molecule has 2 aliphatic rings. The smallest absolute Gasteiger partial charge is 0.370 e. The molecule has 1 aromatic carbocycles. The zero-order chi connectivity index (χ0) is 13.6. The Balaban J connectivity index is 1.88. The number of para-hydroxylation sites is 1. The molecule has 1 saturated heterocycles. The Hall–Kier alpha value is -1.23.